The van der Waals surface area contributed by atoms with E-state index < -0.39 is 17.2 Å². The summed E-state index contributed by atoms with van der Waals surface area (Å²) >= 11 is 0. The van der Waals surface area contributed by atoms with Crippen LogP contribution in [0, 0.1) is 0 Å². The van der Waals surface area contributed by atoms with Gasteiger partial charge in [-0.05, 0) is 37.1 Å². The summed E-state index contributed by atoms with van der Waals surface area (Å²) in [5.74, 6) is 0.0633. The molecule has 0 bridgehead atoms. The molecular formula is C21H21N5O5. The molecule has 2 aromatic heterocycles. The number of methoxy groups -OCH3 is 1. The molecule has 3 aromatic rings. The zero-order valence-corrected chi connectivity index (χ0v) is 17.1. The molecule has 0 unspecified atom stereocenters. The Kier molecular flexibility index (Phi) is 5.28. The number of nitrogens with zero attached hydrogens (tertiary/aromatic N) is 3. The van der Waals surface area contributed by atoms with Gasteiger partial charge in [-0.2, -0.15) is 0 Å². The summed E-state index contributed by atoms with van der Waals surface area (Å²) in [7, 11) is 3.01. The highest BCUT2D eigenvalue weighted by Crippen LogP contribution is 2.33. The molecule has 4 rings (SSSR count). The van der Waals surface area contributed by atoms with Crippen LogP contribution in [-0.2, 0) is 11.8 Å². The van der Waals surface area contributed by atoms with Crippen molar-refractivity contribution in [1.82, 2.24) is 14.5 Å². The summed E-state index contributed by atoms with van der Waals surface area (Å²) in [5, 5.41) is 2.89. The van der Waals surface area contributed by atoms with E-state index in [4.69, 9.17) is 4.74 Å². The predicted octanol–water partition coefficient (Wildman–Crippen LogP) is 1.40. The van der Waals surface area contributed by atoms with Crippen molar-refractivity contribution in [3.63, 3.8) is 0 Å². The summed E-state index contributed by atoms with van der Waals surface area (Å²) in [4.78, 5) is 56.9. The third-order valence-corrected chi connectivity index (χ3v) is 5.27. The number of aromatic nitrogens is 3. The second-order valence-electron chi connectivity index (χ2n) is 7.26. The van der Waals surface area contributed by atoms with Gasteiger partial charge >= 0.3 is 5.69 Å². The van der Waals surface area contributed by atoms with Crippen LogP contribution in [0.3, 0.4) is 0 Å². The van der Waals surface area contributed by atoms with Gasteiger partial charge in [0.1, 0.15) is 11.4 Å². The molecule has 2 N–H and O–H groups in total. The molecule has 0 radical (unpaired) electrons. The number of pyridine rings is 1. The predicted molar refractivity (Wildman–Crippen MR) is 115 cm³/mol. The number of hydrogen-bond acceptors (Lipinski definition) is 6. The number of ether oxygens (including phenoxy) is 1. The maximum Gasteiger partial charge on any atom is 0.329 e. The van der Waals surface area contributed by atoms with Crippen molar-refractivity contribution in [1.29, 1.82) is 0 Å². The topological polar surface area (TPSA) is 126 Å². The van der Waals surface area contributed by atoms with Gasteiger partial charge in [0, 0.05) is 31.9 Å². The van der Waals surface area contributed by atoms with E-state index in [0.717, 1.165) is 12.8 Å². The summed E-state index contributed by atoms with van der Waals surface area (Å²) in [5.41, 5.74) is 0.196. The van der Waals surface area contributed by atoms with Crippen LogP contribution in [0.4, 0.5) is 11.4 Å². The van der Waals surface area contributed by atoms with Crippen molar-refractivity contribution >= 4 is 34.2 Å². The van der Waals surface area contributed by atoms with E-state index in [2.05, 4.69) is 15.3 Å². The number of nitrogens with one attached hydrogen (secondary N) is 2. The van der Waals surface area contributed by atoms with Gasteiger partial charge in [-0.15, -0.1) is 0 Å². The third kappa shape index (κ3) is 3.79. The van der Waals surface area contributed by atoms with Crippen LogP contribution in [0.2, 0.25) is 0 Å². The van der Waals surface area contributed by atoms with E-state index in [-0.39, 0.29) is 22.5 Å². The molecule has 10 heteroatoms. The van der Waals surface area contributed by atoms with Crippen LogP contribution in [0.5, 0.6) is 5.75 Å². The monoisotopic (exact) mass is 423 g/mol. The number of benzene rings is 1. The van der Waals surface area contributed by atoms with E-state index >= 15 is 0 Å². The fraction of sp³-hybridized carbons (Fsp3) is 0.286. The molecule has 1 aliphatic rings. The first-order chi connectivity index (χ1) is 14.9. The van der Waals surface area contributed by atoms with Gasteiger partial charge in [-0.25, -0.2) is 9.78 Å². The maximum atomic E-state index is 12.8. The van der Waals surface area contributed by atoms with Crippen molar-refractivity contribution in [2.75, 3.05) is 23.9 Å². The van der Waals surface area contributed by atoms with E-state index in [0.29, 0.717) is 30.1 Å². The lowest BCUT2D eigenvalue weighted by Gasteiger charge is -2.28. The van der Waals surface area contributed by atoms with Crippen LogP contribution in [0.1, 0.15) is 29.6 Å². The molecule has 1 fully saturated rings. The Morgan fingerprint density at radius 2 is 2.00 bits per heavy atom. The molecule has 1 aliphatic heterocycles. The number of aromatic amines is 1. The summed E-state index contributed by atoms with van der Waals surface area (Å²) in [6, 6.07) is 6.42. The number of fused-ring (bicyclic) bond motifs is 1. The molecule has 31 heavy (non-hydrogen) atoms. The lowest BCUT2D eigenvalue weighted by molar-refractivity contribution is -0.119. The number of hydrogen-bond donors (Lipinski definition) is 2. The molecule has 3 heterocycles. The van der Waals surface area contributed by atoms with Crippen molar-refractivity contribution < 1.29 is 14.3 Å². The fourth-order valence-electron chi connectivity index (χ4n) is 3.60. The number of piperidine rings is 1. The molecule has 0 aliphatic carbocycles. The Balaban J connectivity index is 1.66. The number of anilines is 2. The Hall–Kier alpha value is -3.95. The van der Waals surface area contributed by atoms with E-state index in [1.807, 2.05) is 0 Å². The van der Waals surface area contributed by atoms with Gasteiger partial charge in [0.15, 0.2) is 0 Å². The molecule has 0 spiro atoms. The molecule has 10 nitrogen and oxygen atoms in total. The highest BCUT2D eigenvalue weighted by molar-refractivity contribution is 6.06. The second-order valence-corrected chi connectivity index (χ2v) is 7.26. The number of carbonyl (C=O) groups excluding carboxylic acids is 2. The minimum absolute atomic E-state index is 0.0107. The molecule has 2 amide bonds. The highest BCUT2D eigenvalue weighted by Gasteiger charge is 2.23. The number of aryl methyl sites for hydroxylation is 1. The number of H-pyrrole nitrogens is 1. The molecule has 1 aromatic carbocycles. The SMILES string of the molecule is COc1ccc(NC(=O)c2cnc3c(c2)c(=O)[nH]c(=O)n3C)cc1N1CCCCC1=O. The van der Waals surface area contributed by atoms with Crippen molar-refractivity contribution in [2.24, 2.45) is 7.05 Å². The van der Waals surface area contributed by atoms with Gasteiger partial charge in [-0.1, -0.05) is 0 Å². The highest BCUT2D eigenvalue weighted by atomic mass is 16.5. The van der Waals surface area contributed by atoms with E-state index in [1.165, 1.54) is 31.0 Å². The third-order valence-electron chi connectivity index (χ3n) is 5.27. The van der Waals surface area contributed by atoms with Crippen LogP contribution in [-0.4, -0.2) is 40.0 Å². The quantitative estimate of drug-likeness (QED) is 0.653. The Morgan fingerprint density at radius 1 is 1.19 bits per heavy atom. The van der Waals surface area contributed by atoms with Gasteiger partial charge in [0.25, 0.3) is 11.5 Å². The zero-order valence-electron chi connectivity index (χ0n) is 17.1. The van der Waals surface area contributed by atoms with Gasteiger partial charge in [-0.3, -0.25) is 23.9 Å². The second kappa shape index (κ2) is 8.05. The smallest absolute Gasteiger partial charge is 0.329 e. The molecule has 0 atom stereocenters. The van der Waals surface area contributed by atoms with E-state index in [9.17, 15) is 19.2 Å². The van der Waals surface area contributed by atoms with E-state index in [1.54, 1.807) is 23.1 Å². The number of amides is 2. The van der Waals surface area contributed by atoms with Crippen molar-refractivity contribution in [3.8, 4) is 5.75 Å². The van der Waals surface area contributed by atoms with Gasteiger partial charge < -0.3 is 15.0 Å². The van der Waals surface area contributed by atoms with Crippen molar-refractivity contribution in [3.05, 3.63) is 56.9 Å². The molecular weight excluding hydrogens is 402 g/mol. The molecule has 1 saturated heterocycles. The number of rotatable bonds is 4. The minimum atomic E-state index is -0.615. The Morgan fingerprint density at radius 3 is 2.74 bits per heavy atom. The summed E-state index contributed by atoms with van der Waals surface area (Å²) < 4.78 is 6.59. The zero-order chi connectivity index (χ0) is 22.1. The first-order valence-corrected chi connectivity index (χ1v) is 9.78. The standard InChI is InChI=1S/C21H21N5O5/c1-25-18-14(20(29)24-21(25)30)9-12(11-22-18)19(28)23-13-6-7-16(31-2)15(10-13)26-8-4-3-5-17(26)27/h6-7,9-11H,3-5,8H2,1-2H3,(H,23,28)(H,24,29,30). The van der Waals surface area contributed by atoms with Crippen molar-refractivity contribution in [2.45, 2.75) is 19.3 Å². The lowest BCUT2D eigenvalue weighted by Crippen LogP contribution is -2.35. The molecule has 0 saturated carbocycles. The van der Waals surface area contributed by atoms with Crippen LogP contribution in [0.15, 0.2) is 40.1 Å². The van der Waals surface area contributed by atoms with Gasteiger partial charge in [0.05, 0.1) is 23.7 Å². The number of carbonyl (C=O) groups is 2. The molecule has 160 valence electrons. The minimum Gasteiger partial charge on any atom is -0.495 e. The summed E-state index contributed by atoms with van der Waals surface area (Å²) in [6.07, 6.45) is 3.52. The maximum absolute atomic E-state index is 12.8. The largest absolute Gasteiger partial charge is 0.495 e. The Bertz CT molecular complexity index is 1310. The first kappa shape index (κ1) is 20.3. The van der Waals surface area contributed by atoms with Gasteiger partial charge in [0.2, 0.25) is 5.91 Å². The lowest BCUT2D eigenvalue weighted by atomic mass is 10.1. The normalized spacial score (nSPS) is 14.0. The van der Waals surface area contributed by atoms with Crippen LogP contribution in [0.25, 0.3) is 11.0 Å². The van der Waals surface area contributed by atoms with Crippen LogP contribution >= 0.6 is 0 Å². The average Bonchev–Trinajstić information content (AvgIpc) is 2.77. The van der Waals surface area contributed by atoms with Crippen LogP contribution < -0.4 is 26.2 Å². The fourth-order valence-corrected chi connectivity index (χ4v) is 3.60. The summed E-state index contributed by atoms with van der Waals surface area (Å²) in [6.45, 7) is 0.586. The average molecular weight is 423 g/mol. The first-order valence-electron chi connectivity index (χ1n) is 9.78. The Labute approximate surface area is 176 Å².